The van der Waals surface area contributed by atoms with Crippen LogP contribution in [0, 0.1) is 5.92 Å². The third kappa shape index (κ3) is 4.35. The Balaban J connectivity index is 2.04. The Hall–Kier alpha value is -0.280. The van der Waals surface area contributed by atoms with Crippen molar-refractivity contribution in [3.05, 3.63) is 33.8 Å². The molecule has 0 radical (unpaired) electrons. The molecule has 1 aromatic carbocycles. The molecule has 1 aliphatic heterocycles. The normalized spacial score (nSPS) is 18.5. The fourth-order valence-corrected chi connectivity index (χ4v) is 3.03. The van der Waals surface area contributed by atoms with Gasteiger partial charge < -0.3 is 10.1 Å². The number of hydrogen-bond acceptors (Lipinski definition) is 2. The Bertz CT molecular complexity index is 405. The first-order valence-corrected chi connectivity index (χ1v) is 7.71. The molecule has 19 heavy (non-hydrogen) atoms. The van der Waals surface area contributed by atoms with Gasteiger partial charge in [0.05, 0.1) is 10.0 Å². The number of likely N-dealkylation sites (N-methyl/N-ethyl adjacent to an activating group) is 1. The minimum Gasteiger partial charge on any atom is -0.381 e. The van der Waals surface area contributed by atoms with Gasteiger partial charge >= 0.3 is 0 Å². The van der Waals surface area contributed by atoms with E-state index in [2.05, 4.69) is 18.3 Å². The molecule has 1 saturated heterocycles. The highest BCUT2D eigenvalue weighted by Crippen LogP contribution is 2.26. The Labute approximate surface area is 125 Å². The number of ether oxygens (including phenoxy) is 1. The van der Waals surface area contributed by atoms with Gasteiger partial charge in [0.25, 0.3) is 0 Å². The van der Waals surface area contributed by atoms with Gasteiger partial charge in [0.1, 0.15) is 0 Å². The van der Waals surface area contributed by atoms with Crippen molar-refractivity contribution in [2.24, 2.45) is 5.92 Å². The van der Waals surface area contributed by atoms with Crippen molar-refractivity contribution in [2.75, 3.05) is 19.8 Å². The van der Waals surface area contributed by atoms with Crippen molar-refractivity contribution in [3.8, 4) is 0 Å². The first-order valence-electron chi connectivity index (χ1n) is 6.95. The van der Waals surface area contributed by atoms with E-state index in [9.17, 15) is 0 Å². The van der Waals surface area contributed by atoms with Crippen molar-refractivity contribution >= 4 is 23.2 Å². The summed E-state index contributed by atoms with van der Waals surface area (Å²) in [6, 6.07) is 6.42. The van der Waals surface area contributed by atoms with Gasteiger partial charge in [0.2, 0.25) is 0 Å². The largest absolute Gasteiger partial charge is 0.381 e. The van der Waals surface area contributed by atoms with Crippen LogP contribution in [0.25, 0.3) is 0 Å². The van der Waals surface area contributed by atoms with Gasteiger partial charge in [-0.25, -0.2) is 0 Å². The molecule has 2 nitrogen and oxygen atoms in total. The molecule has 0 bridgehead atoms. The van der Waals surface area contributed by atoms with Crippen LogP contribution in [0.1, 0.15) is 25.3 Å². The standard InChI is InChI=1S/C15H21Cl2NO/c1-2-18-15(12-5-7-19-8-6-12)10-11-3-4-13(16)14(17)9-11/h3-4,9,12,15,18H,2,5-8,10H2,1H3. The van der Waals surface area contributed by atoms with Crippen molar-refractivity contribution in [1.29, 1.82) is 0 Å². The van der Waals surface area contributed by atoms with E-state index in [0.29, 0.717) is 22.0 Å². The quantitative estimate of drug-likeness (QED) is 0.889. The molecule has 1 heterocycles. The molecule has 1 atom stereocenters. The Morgan fingerprint density at radius 2 is 2.00 bits per heavy atom. The van der Waals surface area contributed by atoms with Crippen LogP contribution in [-0.4, -0.2) is 25.8 Å². The highest BCUT2D eigenvalue weighted by molar-refractivity contribution is 6.42. The average molecular weight is 302 g/mol. The fourth-order valence-electron chi connectivity index (χ4n) is 2.71. The van der Waals surface area contributed by atoms with E-state index in [0.717, 1.165) is 39.0 Å². The first kappa shape index (κ1) is 15.1. The third-order valence-electron chi connectivity index (χ3n) is 3.74. The van der Waals surface area contributed by atoms with E-state index >= 15 is 0 Å². The van der Waals surface area contributed by atoms with Crippen molar-refractivity contribution in [1.82, 2.24) is 5.32 Å². The molecule has 1 aromatic rings. The Morgan fingerprint density at radius 1 is 1.26 bits per heavy atom. The molecule has 0 aromatic heterocycles. The summed E-state index contributed by atoms with van der Waals surface area (Å²) in [4.78, 5) is 0. The second-order valence-corrected chi connectivity index (χ2v) is 5.88. The van der Waals surface area contributed by atoms with Gasteiger partial charge in [-0.2, -0.15) is 0 Å². The predicted octanol–water partition coefficient (Wildman–Crippen LogP) is 3.94. The zero-order chi connectivity index (χ0) is 13.7. The molecule has 0 saturated carbocycles. The fraction of sp³-hybridized carbons (Fsp3) is 0.600. The lowest BCUT2D eigenvalue weighted by atomic mass is 9.87. The van der Waals surface area contributed by atoms with E-state index in [1.54, 1.807) is 0 Å². The van der Waals surface area contributed by atoms with Crippen LogP contribution in [-0.2, 0) is 11.2 Å². The molecule has 1 fully saturated rings. The Kier molecular flexibility index (Phi) is 5.96. The molecule has 4 heteroatoms. The molecule has 1 aliphatic rings. The summed E-state index contributed by atoms with van der Waals surface area (Å²) >= 11 is 12.1. The second kappa shape index (κ2) is 7.49. The number of rotatable bonds is 5. The monoisotopic (exact) mass is 301 g/mol. The number of nitrogens with one attached hydrogen (secondary N) is 1. The van der Waals surface area contributed by atoms with Crippen LogP contribution >= 0.6 is 23.2 Å². The van der Waals surface area contributed by atoms with Crippen LogP contribution < -0.4 is 5.32 Å². The number of halogens is 2. The SMILES string of the molecule is CCNC(Cc1ccc(Cl)c(Cl)c1)C1CCOCC1. The summed E-state index contributed by atoms with van der Waals surface area (Å²) < 4.78 is 5.45. The zero-order valence-electron chi connectivity index (χ0n) is 11.3. The van der Waals surface area contributed by atoms with E-state index in [4.69, 9.17) is 27.9 Å². The summed E-state index contributed by atoms with van der Waals surface area (Å²) in [6.07, 6.45) is 3.27. The van der Waals surface area contributed by atoms with Crippen LogP contribution in [0.5, 0.6) is 0 Å². The third-order valence-corrected chi connectivity index (χ3v) is 4.48. The van der Waals surface area contributed by atoms with Gasteiger partial charge in [-0.15, -0.1) is 0 Å². The highest BCUT2D eigenvalue weighted by Gasteiger charge is 2.23. The van der Waals surface area contributed by atoms with Crippen molar-refractivity contribution < 1.29 is 4.74 Å². The molecular formula is C15H21Cl2NO. The van der Waals surface area contributed by atoms with E-state index in [1.807, 2.05) is 12.1 Å². The maximum absolute atomic E-state index is 6.09. The molecule has 1 N–H and O–H groups in total. The van der Waals surface area contributed by atoms with Crippen LogP contribution in [0.15, 0.2) is 18.2 Å². The highest BCUT2D eigenvalue weighted by atomic mass is 35.5. The van der Waals surface area contributed by atoms with Crippen molar-refractivity contribution in [2.45, 2.75) is 32.2 Å². The van der Waals surface area contributed by atoms with Crippen LogP contribution in [0.4, 0.5) is 0 Å². The number of hydrogen-bond donors (Lipinski definition) is 1. The minimum absolute atomic E-state index is 0.492. The van der Waals surface area contributed by atoms with Crippen LogP contribution in [0.3, 0.4) is 0 Å². The van der Waals surface area contributed by atoms with E-state index < -0.39 is 0 Å². The molecule has 106 valence electrons. The van der Waals surface area contributed by atoms with E-state index in [1.165, 1.54) is 5.56 Å². The van der Waals surface area contributed by atoms with Gasteiger partial charge in [-0.1, -0.05) is 36.2 Å². The lowest BCUT2D eigenvalue weighted by Gasteiger charge is -2.31. The lowest BCUT2D eigenvalue weighted by molar-refractivity contribution is 0.0540. The summed E-state index contributed by atoms with van der Waals surface area (Å²) in [5, 5.41) is 4.87. The topological polar surface area (TPSA) is 21.3 Å². The number of benzene rings is 1. The predicted molar refractivity (Wildman–Crippen MR) is 81.2 cm³/mol. The molecule has 0 aliphatic carbocycles. The first-order chi connectivity index (χ1) is 9.20. The molecular weight excluding hydrogens is 281 g/mol. The smallest absolute Gasteiger partial charge is 0.0595 e. The molecule has 2 rings (SSSR count). The Morgan fingerprint density at radius 3 is 2.63 bits per heavy atom. The summed E-state index contributed by atoms with van der Waals surface area (Å²) in [7, 11) is 0. The molecule has 0 spiro atoms. The van der Waals surface area contributed by atoms with Crippen LogP contribution in [0.2, 0.25) is 10.0 Å². The van der Waals surface area contributed by atoms with E-state index in [-0.39, 0.29) is 0 Å². The van der Waals surface area contributed by atoms with Gasteiger partial charge in [-0.3, -0.25) is 0 Å². The lowest BCUT2D eigenvalue weighted by Crippen LogP contribution is -2.40. The summed E-state index contributed by atoms with van der Waals surface area (Å²) in [5.41, 5.74) is 1.24. The average Bonchev–Trinajstić information content (AvgIpc) is 2.43. The molecule has 1 unspecified atom stereocenters. The maximum atomic E-state index is 6.09. The maximum Gasteiger partial charge on any atom is 0.0595 e. The van der Waals surface area contributed by atoms with Gasteiger partial charge in [0, 0.05) is 19.3 Å². The second-order valence-electron chi connectivity index (χ2n) is 5.07. The summed E-state index contributed by atoms with van der Waals surface area (Å²) in [5.74, 6) is 0.683. The summed E-state index contributed by atoms with van der Waals surface area (Å²) in [6.45, 7) is 4.91. The van der Waals surface area contributed by atoms with Gasteiger partial charge in [0.15, 0.2) is 0 Å². The van der Waals surface area contributed by atoms with Gasteiger partial charge in [-0.05, 0) is 49.4 Å². The minimum atomic E-state index is 0.492. The van der Waals surface area contributed by atoms with Crippen molar-refractivity contribution in [3.63, 3.8) is 0 Å². The zero-order valence-corrected chi connectivity index (χ0v) is 12.8. The molecule has 0 amide bonds.